The Labute approximate surface area is 133 Å². The Morgan fingerprint density at radius 2 is 1.86 bits per heavy atom. The zero-order chi connectivity index (χ0) is 15.8. The van der Waals surface area contributed by atoms with Crippen molar-refractivity contribution < 1.29 is 9.53 Å². The number of nitrogens with zero attached hydrogens (tertiary/aromatic N) is 1. The van der Waals surface area contributed by atoms with Crippen LogP contribution in [-0.2, 0) is 9.53 Å². The van der Waals surface area contributed by atoms with Gasteiger partial charge in [0.15, 0.2) is 0 Å². The molecule has 1 saturated carbocycles. The second-order valence-electron chi connectivity index (χ2n) is 6.15. The molecule has 1 aliphatic rings. The van der Waals surface area contributed by atoms with E-state index in [0.717, 1.165) is 44.9 Å². The maximum absolute atomic E-state index is 11.8. The number of esters is 1. The minimum atomic E-state index is -0.0322. The van der Waals surface area contributed by atoms with Gasteiger partial charge in [-0.3, -0.25) is 4.79 Å². The Morgan fingerprint density at radius 1 is 1.18 bits per heavy atom. The highest BCUT2D eigenvalue weighted by molar-refractivity contribution is 5.69. The van der Waals surface area contributed by atoms with Crippen LogP contribution in [0.2, 0.25) is 0 Å². The van der Waals surface area contributed by atoms with E-state index >= 15 is 0 Å². The summed E-state index contributed by atoms with van der Waals surface area (Å²) in [4.78, 5) is 11.8. The van der Waals surface area contributed by atoms with E-state index in [4.69, 9.17) is 10.00 Å². The molecule has 0 aliphatic heterocycles. The Balaban J connectivity index is 1.75. The van der Waals surface area contributed by atoms with E-state index in [1.165, 1.54) is 5.56 Å². The van der Waals surface area contributed by atoms with E-state index in [2.05, 4.69) is 25.1 Å². The van der Waals surface area contributed by atoms with Gasteiger partial charge in [0.05, 0.1) is 11.6 Å². The molecule has 0 atom stereocenters. The lowest BCUT2D eigenvalue weighted by molar-refractivity contribution is -0.150. The highest BCUT2D eigenvalue weighted by atomic mass is 16.5. The fourth-order valence-corrected chi connectivity index (χ4v) is 3.11. The number of rotatable bonds is 6. The van der Waals surface area contributed by atoms with Crippen molar-refractivity contribution in [1.29, 1.82) is 5.26 Å². The molecule has 1 fully saturated rings. The summed E-state index contributed by atoms with van der Waals surface area (Å²) < 4.78 is 5.58. The van der Waals surface area contributed by atoms with E-state index in [0.29, 0.717) is 17.9 Å². The van der Waals surface area contributed by atoms with Crippen molar-refractivity contribution in [2.24, 2.45) is 0 Å². The molecule has 0 radical (unpaired) electrons. The maximum atomic E-state index is 11.8. The first-order valence-electron chi connectivity index (χ1n) is 8.42. The lowest BCUT2D eigenvalue weighted by Crippen LogP contribution is -2.23. The fourth-order valence-electron chi connectivity index (χ4n) is 3.11. The molecule has 1 aromatic rings. The van der Waals surface area contributed by atoms with Crippen molar-refractivity contribution >= 4 is 5.97 Å². The summed E-state index contributed by atoms with van der Waals surface area (Å²) >= 11 is 0. The molecule has 0 saturated heterocycles. The van der Waals surface area contributed by atoms with Gasteiger partial charge >= 0.3 is 5.97 Å². The van der Waals surface area contributed by atoms with Crippen molar-refractivity contribution in [2.45, 2.75) is 70.3 Å². The van der Waals surface area contributed by atoms with Crippen LogP contribution in [-0.4, -0.2) is 12.1 Å². The van der Waals surface area contributed by atoms with E-state index in [1.807, 2.05) is 12.1 Å². The summed E-state index contributed by atoms with van der Waals surface area (Å²) in [5, 5.41) is 8.84. The zero-order valence-corrected chi connectivity index (χ0v) is 13.4. The Bertz CT molecular complexity index is 507. The average molecular weight is 299 g/mol. The van der Waals surface area contributed by atoms with Crippen LogP contribution in [0.25, 0.3) is 0 Å². The van der Waals surface area contributed by atoms with Gasteiger partial charge in [-0.2, -0.15) is 5.26 Å². The lowest BCUT2D eigenvalue weighted by atomic mass is 9.82. The third kappa shape index (κ3) is 4.87. The molecule has 0 unspecified atom stereocenters. The molecule has 1 aromatic carbocycles. The zero-order valence-electron chi connectivity index (χ0n) is 13.4. The van der Waals surface area contributed by atoms with Crippen LogP contribution in [0.1, 0.15) is 75.3 Å². The molecule has 0 bridgehead atoms. The summed E-state index contributed by atoms with van der Waals surface area (Å²) in [6.45, 7) is 2.13. The standard InChI is InChI=1S/C19H25NO2/c1-2-3-4-5-19(21)22-18-12-10-17(11-13-18)16-8-6-15(14-20)7-9-16/h6-9,17-18H,2-5,10-13H2,1H3. The summed E-state index contributed by atoms with van der Waals surface area (Å²) in [6, 6.07) is 10.0. The molecule has 0 N–H and O–H groups in total. The number of carbonyl (C=O) groups excluding carboxylic acids is 1. The summed E-state index contributed by atoms with van der Waals surface area (Å²) in [7, 11) is 0. The van der Waals surface area contributed by atoms with E-state index in [1.54, 1.807) is 0 Å². The Hall–Kier alpha value is -1.82. The van der Waals surface area contributed by atoms with Crippen molar-refractivity contribution in [3.05, 3.63) is 35.4 Å². The molecule has 0 aromatic heterocycles. The number of unbranched alkanes of at least 4 members (excludes halogenated alkanes) is 2. The number of hydrogen-bond donors (Lipinski definition) is 0. The Morgan fingerprint density at radius 3 is 2.45 bits per heavy atom. The number of carbonyl (C=O) groups is 1. The first kappa shape index (κ1) is 16.5. The van der Waals surface area contributed by atoms with Gasteiger partial charge in [-0.25, -0.2) is 0 Å². The first-order chi connectivity index (χ1) is 10.7. The van der Waals surface area contributed by atoms with Crippen molar-refractivity contribution in [2.75, 3.05) is 0 Å². The van der Waals surface area contributed by atoms with Crippen LogP contribution in [0, 0.1) is 11.3 Å². The molecule has 3 nitrogen and oxygen atoms in total. The third-order valence-electron chi connectivity index (χ3n) is 4.47. The number of ether oxygens (including phenoxy) is 1. The van der Waals surface area contributed by atoms with Gasteiger partial charge in [-0.05, 0) is 55.7 Å². The van der Waals surface area contributed by atoms with Crippen molar-refractivity contribution in [3.8, 4) is 6.07 Å². The molecule has 1 aliphatic carbocycles. The van der Waals surface area contributed by atoms with E-state index in [9.17, 15) is 4.79 Å². The number of nitriles is 1. The van der Waals surface area contributed by atoms with Gasteiger partial charge in [0.25, 0.3) is 0 Å². The summed E-state index contributed by atoms with van der Waals surface area (Å²) in [6.07, 6.45) is 7.83. The van der Waals surface area contributed by atoms with Crippen molar-refractivity contribution in [3.63, 3.8) is 0 Å². The summed E-state index contributed by atoms with van der Waals surface area (Å²) in [5.74, 6) is 0.498. The lowest BCUT2D eigenvalue weighted by Gasteiger charge is -2.28. The molecule has 3 heteroatoms. The fraction of sp³-hybridized carbons (Fsp3) is 0.579. The maximum Gasteiger partial charge on any atom is 0.306 e. The van der Waals surface area contributed by atoms with Crippen LogP contribution >= 0.6 is 0 Å². The molecule has 0 heterocycles. The summed E-state index contributed by atoms with van der Waals surface area (Å²) in [5.41, 5.74) is 2.00. The van der Waals surface area contributed by atoms with E-state index in [-0.39, 0.29) is 12.1 Å². The normalized spacial score (nSPS) is 21.1. The molecule has 118 valence electrons. The van der Waals surface area contributed by atoms with Gasteiger partial charge in [-0.15, -0.1) is 0 Å². The predicted molar refractivity (Wildman–Crippen MR) is 86.4 cm³/mol. The third-order valence-corrected chi connectivity index (χ3v) is 4.47. The SMILES string of the molecule is CCCCCC(=O)OC1CCC(c2ccc(C#N)cc2)CC1. The topological polar surface area (TPSA) is 50.1 Å². The van der Waals surface area contributed by atoms with Crippen LogP contribution in [0.4, 0.5) is 0 Å². The van der Waals surface area contributed by atoms with Crippen LogP contribution in [0.15, 0.2) is 24.3 Å². The smallest absolute Gasteiger partial charge is 0.306 e. The van der Waals surface area contributed by atoms with Gasteiger partial charge in [0.2, 0.25) is 0 Å². The van der Waals surface area contributed by atoms with E-state index < -0.39 is 0 Å². The van der Waals surface area contributed by atoms with Crippen LogP contribution < -0.4 is 0 Å². The minimum Gasteiger partial charge on any atom is -0.462 e. The minimum absolute atomic E-state index is 0.0322. The first-order valence-corrected chi connectivity index (χ1v) is 8.42. The van der Waals surface area contributed by atoms with Crippen LogP contribution in [0.3, 0.4) is 0 Å². The average Bonchev–Trinajstić information content (AvgIpc) is 2.56. The highest BCUT2D eigenvalue weighted by Crippen LogP contribution is 2.34. The largest absolute Gasteiger partial charge is 0.462 e. The predicted octanol–water partition coefficient (Wildman–Crippen LogP) is 4.71. The quantitative estimate of drug-likeness (QED) is 0.564. The molecule has 22 heavy (non-hydrogen) atoms. The second-order valence-corrected chi connectivity index (χ2v) is 6.15. The number of benzene rings is 1. The molecule has 0 spiro atoms. The van der Waals surface area contributed by atoms with Gasteiger partial charge in [-0.1, -0.05) is 31.9 Å². The number of hydrogen-bond acceptors (Lipinski definition) is 3. The second kappa shape index (κ2) is 8.58. The molecular weight excluding hydrogens is 274 g/mol. The highest BCUT2D eigenvalue weighted by Gasteiger charge is 2.24. The van der Waals surface area contributed by atoms with Gasteiger partial charge in [0.1, 0.15) is 6.10 Å². The molecule has 0 amide bonds. The van der Waals surface area contributed by atoms with Crippen molar-refractivity contribution in [1.82, 2.24) is 0 Å². The molecule has 2 rings (SSSR count). The van der Waals surface area contributed by atoms with Crippen LogP contribution in [0.5, 0.6) is 0 Å². The van der Waals surface area contributed by atoms with Gasteiger partial charge < -0.3 is 4.74 Å². The molecular formula is C19H25NO2. The monoisotopic (exact) mass is 299 g/mol. The Kier molecular flexibility index (Phi) is 6.45. The van der Waals surface area contributed by atoms with Gasteiger partial charge in [0, 0.05) is 6.42 Å².